The smallest absolute Gasteiger partial charge is 0.162 e. The Bertz CT molecular complexity index is 777. The van der Waals surface area contributed by atoms with Gasteiger partial charge < -0.3 is 0 Å². The van der Waals surface area contributed by atoms with Crippen LogP contribution in [0.15, 0.2) is 84.8 Å². The summed E-state index contributed by atoms with van der Waals surface area (Å²) in [5, 5.41) is 0. The first-order chi connectivity index (χ1) is 11.6. The minimum absolute atomic E-state index is 0.165. The molecule has 0 aromatic heterocycles. The van der Waals surface area contributed by atoms with Gasteiger partial charge in [0.2, 0.25) is 0 Å². The minimum atomic E-state index is -0.818. The second kappa shape index (κ2) is 9.07. The summed E-state index contributed by atoms with van der Waals surface area (Å²) in [5.41, 5.74) is 2.42. The molecule has 0 amide bonds. The van der Waals surface area contributed by atoms with Crippen LogP contribution in [0, 0.1) is 18.6 Å². The van der Waals surface area contributed by atoms with Gasteiger partial charge in [0.15, 0.2) is 11.6 Å². The molecule has 0 aliphatic rings. The highest BCUT2D eigenvalue weighted by atomic mass is 19.2. The van der Waals surface area contributed by atoms with Crippen molar-refractivity contribution in [3.63, 3.8) is 0 Å². The Hall–Kier alpha value is -2.55. The van der Waals surface area contributed by atoms with Gasteiger partial charge in [-0.25, -0.2) is 13.2 Å². The van der Waals surface area contributed by atoms with E-state index in [9.17, 15) is 13.2 Å². The summed E-state index contributed by atoms with van der Waals surface area (Å²) >= 11 is 0. The monoisotopic (exact) mass is 344 g/mol. The Morgan fingerprint density at radius 3 is 2.28 bits per heavy atom. The van der Waals surface area contributed by atoms with Crippen LogP contribution in [0.25, 0.3) is 0 Å². The van der Waals surface area contributed by atoms with Crippen molar-refractivity contribution in [3.8, 4) is 0 Å². The number of benzene rings is 1. The molecule has 0 N–H and O–H groups in total. The lowest BCUT2D eigenvalue weighted by atomic mass is 10.0. The van der Waals surface area contributed by atoms with Crippen molar-refractivity contribution in [3.05, 3.63) is 108 Å². The van der Waals surface area contributed by atoms with Crippen LogP contribution in [0.1, 0.15) is 24.5 Å². The zero-order chi connectivity index (χ0) is 19.1. The van der Waals surface area contributed by atoms with E-state index < -0.39 is 17.5 Å². The van der Waals surface area contributed by atoms with Crippen molar-refractivity contribution < 1.29 is 13.2 Å². The molecule has 0 spiro atoms. The van der Waals surface area contributed by atoms with Crippen LogP contribution < -0.4 is 0 Å². The standard InChI is InChI=1S/C22H23F3/c1-14(2)13-20(23)18(6)16(4)9-7-15(3)8-11-19-12-10-17(5)21(24)22(19)25/h7,9-10,12-13H,1,3-4,6,8,11H2,2,5H3/b9-7-,20-13+. The fraction of sp³-hybridized carbons (Fsp3) is 0.182. The molecule has 25 heavy (non-hydrogen) atoms. The van der Waals surface area contributed by atoms with Gasteiger partial charge in [-0.1, -0.05) is 61.7 Å². The Morgan fingerprint density at radius 2 is 1.68 bits per heavy atom. The average molecular weight is 344 g/mol. The lowest BCUT2D eigenvalue weighted by Crippen LogP contribution is -1.97. The van der Waals surface area contributed by atoms with Gasteiger partial charge in [0.1, 0.15) is 5.83 Å². The normalized spacial score (nSPS) is 11.6. The van der Waals surface area contributed by atoms with E-state index >= 15 is 0 Å². The van der Waals surface area contributed by atoms with Crippen molar-refractivity contribution in [1.29, 1.82) is 0 Å². The highest BCUT2D eigenvalue weighted by Gasteiger charge is 2.10. The maximum absolute atomic E-state index is 13.8. The van der Waals surface area contributed by atoms with Crippen molar-refractivity contribution in [2.75, 3.05) is 0 Å². The van der Waals surface area contributed by atoms with Crippen LogP contribution in [0.2, 0.25) is 0 Å². The molecule has 0 saturated heterocycles. The molecule has 0 saturated carbocycles. The predicted molar refractivity (Wildman–Crippen MR) is 100.0 cm³/mol. The zero-order valence-corrected chi connectivity index (χ0v) is 14.8. The SMILES string of the molecule is C=C(C)/C=C(/F)C(=C)C(=C)/C=C\C(=C)CCc1ccc(C)c(F)c1F. The van der Waals surface area contributed by atoms with Crippen molar-refractivity contribution in [2.45, 2.75) is 26.7 Å². The van der Waals surface area contributed by atoms with Crippen LogP contribution in [0.4, 0.5) is 13.2 Å². The second-order valence-corrected chi connectivity index (χ2v) is 6.00. The lowest BCUT2D eigenvalue weighted by Gasteiger charge is -2.07. The van der Waals surface area contributed by atoms with E-state index in [0.29, 0.717) is 35.1 Å². The Kier molecular flexibility index (Phi) is 7.43. The summed E-state index contributed by atoms with van der Waals surface area (Å²) in [7, 11) is 0. The van der Waals surface area contributed by atoms with E-state index in [1.54, 1.807) is 31.2 Å². The van der Waals surface area contributed by atoms with Gasteiger partial charge in [-0.3, -0.25) is 0 Å². The molecule has 0 unspecified atom stereocenters. The third-order valence-electron chi connectivity index (χ3n) is 3.64. The number of hydrogen-bond donors (Lipinski definition) is 0. The van der Waals surface area contributed by atoms with Crippen LogP contribution >= 0.6 is 0 Å². The fourth-order valence-corrected chi connectivity index (χ4v) is 2.03. The molecule has 0 atom stereocenters. The molecule has 1 rings (SSSR count). The summed E-state index contributed by atoms with van der Waals surface area (Å²) in [6.45, 7) is 18.1. The quantitative estimate of drug-likeness (QED) is 0.452. The summed E-state index contributed by atoms with van der Waals surface area (Å²) < 4.78 is 41.2. The predicted octanol–water partition coefficient (Wildman–Crippen LogP) is 6.86. The van der Waals surface area contributed by atoms with Gasteiger partial charge in [-0.05, 0) is 49.5 Å². The van der Waals surface area contributed by atoms with Gasteiger partial charge in [-0.2, -0.15) is 0 Å². The Morgan fingerprint density at radius 1 is 1.04 bits per heavy atom. The molecule has 0 bridgehead atoms. The molecule has 0 radical (unpaired) electrons. The third kappa shape index (κ3) is 6.11. The summed E-state index contributed by atoms with van der Waals surface area (Å²) in [6, 6.07) is 3.12. The first-order valence-corrected chi connectivity index (χ1v) is 7.84. The van der Waals surface area contributed by atoms with Gasteiger partial charge in [0.05, 0.1) is 0 Å². The van der Waals surface area contributed by atoms with Crippen LogP contribution in [-0.2, 0) is 6.42 Å². The molecule has 0 nitrogen and oxygen atoms in total. The molecular weight excluding hydrogens is 321 g/mol. The maximum Gasteiger partial charge on any atom is 0.162 e. The molecule has 1 aromatic carbocycles. The highest BCUT2D eigenvalue weighted by Crippen LogP contribution is 2.21. The number of aryl methyl sites for hydroxylation is 2. The van der Waals surface area contributed by atoms with Crippen molar-refractivity contribution in [2.24, 2.45) is 0 Å². The summed E-state index contributed by atoms with van der Waals surface area (Å²) in [5.74, 6) is -2.13. The van der Waals surface area contributed by atoms with Gasteiger partial charge in [-0.15, -0.1) is 0 Å². The van der Waals surface area contributed by atoms with Gasteiger partial charge in [0.25, 0.3) is 0 Å². The molecule has 0 aliphatic carbocycles. The molecule has 0 aliphatic heterocycles. The minimum Gasteiger partial charge on any atom is -0.206 e. The van der Waals surface area contributed by atoms with E-state index in [0.717, 1.165) is 0 Å². The van der Waals surface area contributed by atoms with E-state index in [2.05, 4.69) is 26.3 Å². The first-order valence-electron chi connectivity index (χ1n) is 7.84. The zero-order valence-electron chi connectivity index (χ0n) is 14.8. The third-order valence-corrected chi connectivity index (χ3v) is 3.64. The molecule has 3 heteroatoms. The molecule has 0 heterocycles. The molecule has 0 fully saturated rings. The Labute approximate surface area is 148 Å². The molecule has 1 aromatic rings. The average Bonchev–Trinajstić information content (AvgIpc) is 2.55. The van der Waals surface area contributed by atoms with Gasteiger partial charge >= 0.3 is 0 Å². The maximum atomic E-state index is 13.8. The number of halogens is 3. The molecule has 132 valence electrons. The lowest BCUT2D eigenvalue weighted by molar-refractivity contribution is 0.493. The van der Waals surface area contributed by atoms with Crippen molar-refractivity contribution in [1.82, 2.24) is 0 Å². The topological polar surface area (TPSA) is 0 Å². The summed E-state index contributed by atoms with van der Waals surface area (Å²) in [4.78, 5) is 0. The van der Waals surface area contributed by atoms with Crippen molar-refractivity contribution >= 4 is 0 Å². The summed E-state index contributed by atoms with van der Waals surface area (Å²) in [6.07, 6.45) is 5.32. The molecular formula is C22H23F3. The number of hydrogen-bond acceptors (Lipinski definition) is 0. The largest absolute Gasteiger partial charge is 0.206 e. The number of allylic oxidation sites excluding steroid dienone is 8. The van der Waals surface area contributed by atoms with Gasteiger partial charge in [0, 0.05) is 5.57 Å². The second-order valence-electron chi connectivity index (χ2n) is 6.00. The van der Waals surface area contributed by atoms with E-state index in [1.165, 1.54) is 13.0 Å². The number of rotatable bonds is 8. The Balaban J connectivity index is 2.67. The van der Waals surface area contributed by atoms with Crippen LogP contribution in [0.5, 0.6) is 0 Å². The van der Waals surface area contributed by atoms with E-state index in [4.69, 9.17) is 0 Å². The highest BCUT2D eigenvalue weighted by molar-refractivity contribution is 5.48. The van der Waals surface area contributed by atoms with Crippen LogP contribution in [-0.4, -0.2) is 0 Å². The van der Waals surface area contributed by atoms with E-state index in [-0.39, 0.29) is 11.1 Å². The fourth-order valence-electron chi connectivity index (χ4n) is 2.03. The van der Waals surface area contributed by atoms with E-state index in [1.807, 2.05) is 0 Å². The van der Waals surface area contributed by atoms with Crippen LogP contribution in [0.3, 0.4) is 0 Å². The first kappa shape index (κ1) is 20.5.